The number of hydrogen-bond donors (Lipinski definition) is 1. The Labute approximate surface area is 83.1 Å². The molecule has 2 heteroatoms. The summed E-state index contributed by atoms with van der Waals surface area (Å²) in [6.07, 6.45) is 1.17. The van der Waals surface area contributed by atoms with Crippen LogP contribution in [0.2, 0.25) is 0 Å². The average Bonchev–Trinajstić information content (AvgIpc) is 1.98. The molecule has 2 nitrogen and oxygen atoms in total. The van der Waals surface area contributed by atoms with Crippen molar-refractivity contribution >= 4 is 0 Å². The highest BCUT2D eigenvalue weighted by Crippen LogP contribution is 2.19. The van der Waals surface area contributed by atoms with Crippen molar-refractivity contribution in [1.82, 2.24) is 5.32 Å². The lowest BCUT2D eigenvalue weighted by atomic mass is 9.90. The fourth-order valence-corrected chi connectivity index (χ4v) is 1.28. The van der Waals surface area contributed by atoms with Gasteiger partial charge in [0.05, 0.1) is 6.61 Å². The second-order valence-corrected chi connectivity index (χ2v) is 4.95. The van der Waals surface area contributed by atoms with Gasteiger partial charge in [0.1, 0.15) is 0 Å². The zero-order valence-electron chi connectivity index (χ0n) is 9.81. The largest absolute Gasteiger partial charge is 0.384 e. The molecule has 0 aliphatic rings. The van der Waals surface area contributed by atoms with Gasteiger partial charge in [0, 0.05) is 7.11 Å². The van der Waals surface area contributed by atoms with Gasteiger partial charge in [-0.1, -0.05) is 27.7 Å². The molecule has 0 fully saturated rings. The molecule has 0 aromatic rings. The van der Waals surface area contributed by atoms with Gasteiger partial charge in [-0.05, 0) is 30.8 Å². The van der Waals surface area contributed by atoms with Crippen molar-refractivity contribution in [2.75, 3.05) is 26.8 Å². The van der Waals surface area contributed by atoms with Crippen molar-refractivity contribution in [3.8, 4) is 0 Å². The number of hydrogen-bond acceptors (Lipinski definition) is 2. The maximum Gasteiger partial charge on any atom is 0.0513 e. The molecule has 0 rings (SSSR count). The van der Waals surface area contributed by atoms with Gasteiger partial charge in [0.25, 0.3) is 0 Å². The van der Waals surface area contributed by atoms with Crippen LogP contribution in [0, 0.1) is 11.3 Å². The number of methoxy groups -OCH3 is 1. The maximum absolute atomic E-state index is 5.16. The number of ether oxygens (including phenoxy) is 1. The first-order valence-electron chi connectivity index (χ1n) is 5.17. The highest BCUT2D eigenvalue weighted by atomic mass is 16.5. The third-order valence-electron chi connectivity index (χ3n) is 2.07. The smallest absolute Gasteiger partial charge is 0.0513 e. The first-order valence-corrected chi connectivity index (χ1v) is 5.17. The Kier molecular flexibility index (Phi) is 6.35. The van der Waals surface area contributed by atoms with Crippen molar-refractivity contribution in [1.29, 1.82) is 0 Å². The van der Waals surface area contributed by atoms with Crippen LogP contribution in [0.1, 0.15) is 34.1 Å². The molecule has 0 aromatic heterocycles. The molecular weight excluding hydrogens is 162 g/mol. The Morgan fingerprint density at radius 1 is 1.31 bits per heavy atom. The topological polar surface area (TPSA) is 21.3 Å². The summed E-state index contributed by atoms with van der Waals surface area (Å²) >= 11 is 0. The van der Waals surface area contributed by atoms with E-state index >= 15 is 0 Å². The lowest BCUT2D eigenvalue weighted by molar-refractivity contribution is 0.0981. The van der Waals surface area contributed by atoms with E-state index in [1.807, 2.05) is 0 Å². The van der Waals surface area contributed by atoms with Gasteiger partial charge in [0.2, 0.25) is 0 Å². The minimum atomic E-state index is 0.304. The van der Waals surface area contributed by atoms with Crippen LogP contribution in [0.3, 0.4) is 0 Å². The van der Waals surface area contributed by atoms with Crippen molar-refractivity contribution < 1.29 is 4.74 Å². The monoisotopic (exact) mass is 187 g/mol. The van der Waals surface area contributed by atoms with E-state index in [0.29, 0.717) is 5.41 Å². The maximum atomic E-state index is 5.16. The van der Waals surface area contributed by atoms with E-state index in [1.54, 1.807) is 7.11 Å². The van der Waals surface area contributed by atoms with E-state index in [1.165, 1.54) is 6.42 Å². The molecule has 0 saturated heterocycles. The summed E-state index contributed by atoms with van der Waals surface area (Å²) in [6, 6.07) is 0. The molecule has 0 atom stereocenters. The van der Waals surface area contributed by atoms with Crippen molar-refractivity contribution in [2.45, 2.75) is 34.1 Å². The average molecular weight is 187 g/mol. The third-order valence-corrected chi connectivity index (χ3v) is 2.07. The molecule has 0 bridgehead atoms. The second-order valence-electron chi connectivity index (χ2n) is 4.95. The molecule has 0 amide bonds. The zero-order valence-corrected chi connectivity index (χ0v) is 9.81. The van der Waals surface area contributed by atoms with Crippen LogP contribution in [0.5, 0.6) is 0 Å². The fraction of sp³-hybridized carbons (Fsp3) is 1.00. The van der Waals surface area contributed by atoms with E-state index in [4.69, 9.17) is 4.74 Å². The standard InChI is InChI=1S/C11H25NO/c1-10(2)8-12-7-6-11(3,4)9-13-5/h10,12H,6-9H2,1-5H3. The van der Waals surface area contributed by atoms with Gasteiger partial charge >= 0.3 is 0 Å². The summed E-state index contributed by atoms with van der Waals surface area (Å²) in [6.45, 7) is 12.0. The summed E-state index contributed by atoms with van der Waals surface area (Å²) in [7, 11) is 1.77. The minimum Gasteiger partial charge on any atom is -0.384 e. The highest BCUT2D eigenvalue weighted by Gasteiger charge is 2.16. The molecule has 0 aliphatic carbocycles. The molecule has 0 heterocycles. The van der Waals surface area contributed by atoms with Crippen molar-refractivity contribution in [3.63, 3.8) is 0 Å². The molecular formula is C11H25NO. The SMILES string of the molecule is COCC(C)(C)CCNCC(C)C. The Morgan fingerprint density at radius 3 is 2.38 bits per heavy atom. The van der Waals surface area contributed by atoms with Crippen LogP contribution < -0.4 is 5.32 Å². The number of rotatable bonds is 7. The minimum absolute atomic E-state index is 0.304. The summed E-state index contributed by atoms with van der Waals surface area (Å²) in [4.78, 5) is 0. The van der Waals surface area contributed by atoms with Gasteiger partial charge in [0.15, 0.2) is 0 Å². The summed E-state index contributed by atoms with van der Waals surface area (Å²) in [5, 5.41) is 3.44. The molecule has 0 saturated carbocycles. The molecule has 1 N–H and O–H groups in total. The van der Waals surface area contributed by atoms with Crippen molar-refractivity contribution in [2.24, 2.45) is 11.3 Å². The lowest BCUT2D eigenvalue weighted by Gasteiger charge is -2.23. The van der Waals surface area contributed by atoms with Gasteiger partial charge in [-0.2, -0.15) is 0 Å². The molecule has 0 unspecified atom stereocenters. The number of nitrogens with one attached hydrogen (secondary N) is 1. The van der Waals surface area contributed by atoms with Crippen LogP contribution in [0.25, 0.3) is 0 Å². The Morgan fingerprint density at radius 2 is 1.92 bits per heavy atom. The second kappa shape index (κ2) is 6.39. The van der Waals surface area contributed by atoms with Crippen LogP contribution in [0.4, 0.5) is 0 Å². The van der Waals surface area contributed by atoms with Gasteiger partial charge < -0.3 is 10.1 Å². The Hall–Kier alpha value is -0.0800. The van der Waals surface area contributed by atoms with E-state index in [0.717, 1.165) is 25.6 Å². The van der Waals surface area contributed by atoms with E-state index in [2.05, 4.69) is 33.0 Å². The van der Waals surface area contributed by atoms with E-state index in [-0.39, 0.29) is 0 Å². The zero-order chi connectivity index (χ0) is 10.3. The van der Waals surface area contributed by atoms with Crippen LogP contribution in [-0.2, 0) is 4.74 Å². The first-order chi connectivity index (χ1) is 5.98. The summed E-state index contributed by atoms with van der Waals surface area (Å²) in [5.74, 6) is 0.741. The van der Waals surface area contributed by atoms with Gasteiger partial charge in [-0.3, -0.25) is 0 Å². The summed E-state index contributed by atoms with van der Waals surface area (Å²) < 4.78 is 5.16. The first kappa shape index (κ1) is 12.9. The Balaban J connectivity index is 3.40. The predicted octanol–water partition coefficient (Wildman–Crippen LogP) is 2.29. The van der Waals surface area contributed by atoms with Crippen molar-refractivity contribution in [3.05, 3.63) is 0 Å². The normalized spacial score (nSPS) is 12.5. The predicted molar refractivity (Wildman–Crippen MR) is 58.0 cm³/mol. The molecule has 13 heavy (non-hydrogen) atoms. The molecule has 0 aliphatic heterocycles. The van der Waals surface area contributed by atoms with E-state index < -0.39 is 0 Å². The van der Waals surface area contributed by atoms with Crippen LogP contribution in [0.15, 0.2) is 0 Å². The van der Waals surface area contributed by atoms with Gasteiger partial charge in [-0.15, -0.1) is 0 Å². The molecule has 0 spiro atoms. The Bertz CT molecular complexity index is 121. The molecule has 0 aromatic carbocycles. The molecule has 0 radical (unpaired) electrons. The lowest BCUT2D eigenvalue weighted by Crippen LogP contribution is -2.27. The fourth-order valence-electron chi connectivity index (χ4n) is 1.28. The summed E-state index contributed by atoms with van der Waals surface area (Å²) in [5.41, 5.74) is 0.304. The highest BCUT2D eigenvalue weighted by molar-refractivity contribution is 4.69. The quantitative estimate of drug-likeness (QED) is 0.617. The third kappa shape index (κ3) is 8.26. The van der Waals surface area contributed by atoms with Crippen LogP contribution in [-0.4, -0.2) is 26.8 Å². The van der Waals surface area contributed by atoms with Crippen LogP contribution >= 0.6 is 0 Å². The molecule has 80 valence electrons. The van der Waals surface area contributed by atoms with E-state index in [9.17, 15) is 0 Å². The van der Waals surface area contributed by atoms with Gasteiger partial charge in [-0.25, -0.2) is 0 Å².